The summed E-state index contributed by atoms with van der Waals surface area (Å²) >= 11 is 0. The molecule has 0 spiro atoms. The van der Waals surface area contributed by atoms with Crippen LogP contribution in [0, 0.1) is 44.8 Å². The molecular weight excluding hydrogens is 672 g/mol. The second kappa shape index (κ2) is 13.3. The Balaban J connectivity index is 1.12. The molecule has 6 fully saturated rings. The molecule has 0 aromatic carbocycles. The van der Waals surface area contributed by atoms with Crippen molar-refractivity contribution in [2.24, 2.45) is 44.8 Å². The molecule has 2 saturated heterocycles. The number of carboxylic acids is 1. The number of hydrogen-bond acceptors (Lipinski definition) is 11. The van der Waals surface area contributed by atoms with Crippen LogP contribution in [0.5, 0.6) is 0 Å². The van der Waals surface area contributed by atoms with Gasteiger partial charge in [0, 0.05) is 5.92 Å². The van der Waals surface area contributed by atoms with Gasteiger partial charge in [-0.15, -0.1) is 0 Å². The predicted molar refractivity (Wildman–Crippen MR) is 187 cm³/mol. The third kappa shape index (κ3) is 5.56. The Hall–Kier alpha value is -1.45. The minimum atomic E-state index is -1.69. The fraction of sp³-hybridized carbons (Fsp3) is 0.875. The molecule has 12 nitrogen and oxygen atoms in total. The van der Waals surface area contributed by atoms with Gasteiger partial charge in [0.15, 0.2) is 12.6 Å². The molecule has 2 heterocycles. The van der Waals surface area contributed by atoms with E-state index in [0.29, 0.717) is 18.8 Å². The minimum Gasteiger partial charge on any atom is -0.481 e. The van der Waals surface area contributed by atoms with Crippen molar-refractivity contribution < 1.29 is 59.5 Å². The number of aliphatic hydroxyl groups excluding tert-OH is 6. The van der Waals surface area contributed by atoms with Crippen molar-refractivity contribution in [2.75, 3.05) is 13.2 Å². The molecule has 7 rings (SSSR count). The zero-order valence-corrected chi connectivity index (χ0v) is 31.4. The second-order valence-corrected chi connectivity index (χ2v) is 18.8. The van der Waals surface area contributed by atoms with E-state index < -0.39 is 73.3 Å². The number of aliphatic carboxylic acids is 1. The van der Waals surface area contributed by atoms with Gasteiger partial charge in [-0.1, -0.05) is 58.4 Å². The quantitative estimate of drug-likeness (QED) is 0.156. The zero-order valence-electron chi connectivity index (χ0n) is 31.4. The van der Waals surface area contributed by atoms with Crippen LogP contribution in [0.15, 0.2) is 23.8 Å². The van der Waals surface area contributed by atoms with Crippen molar-refractivity contribution in [3.05, 3.63) is 23.8 Å². The predicted octanol–water partition coefficient (Wildman–Crippen LogP) is 3.05. The summed E-state index contributed by atoms with van der Waals surface area (Å²) in [7, 11) is 0. The number of aliphatic hydroxyl groups is 6. The fourth-order valence-electron chi connectivity index (χ4n) is 12.9. The maximum atomic E-state index is 12.9. The van der Waals surface area contributed by atoms with E-state index in [-0.39, 0.29) is 46.2 Å². The number of allylic oxidation sites excluding steroid dienone is 3. The first-order valence-electron chi connectivity index (χ1n) is 19.6. The molecular formula is C40H62O12. The zero-order chi connectivity index (χ0) is 37.8. The van der Waals surface area contributed by atoms with Gasteiger partial charge in [0.05, 0.1) is 24.7 Å². The number of rotatable bonds is 6. The van der Waals surface area contributed by atoms with Crippen LogP contribution in [0.4, 0.5) is 0 Å². The number of ether oxygens (including phenoxy) is 4. The Morgan fingerprint density at radius 3 is 2.31 bits per heavy atom. The molecule has 0 radical (unpaired) electrons. The molecule has 7 N–H and O–H groups in total. The molecule has 0 amide bonds. The summed E-state index contributed by atoms with van der Waals surface area (Å²) in [6, 6.07) is 0. The highest BCUT2D eigenvalue weighted by molar-refractivity contribution is 5.77. The van der Waals surface area contributed by atoms with E-state index in [0.717, 1.165) is 51.4 Å². The standard InChI is InChI=1S/C40H62O12/c1-20-9-14-40(35(47)48)16-15-38(5)21(22(40)17-20)7-8-26-37(4)12-11-27(36(2,3)25(37)10-13-39(26,38)6)51-34-32(28(43)23(42)19-49-34)52-33-31(46)30(45)29(44)24(18-41)50-33/h7,22-34,41-46H,1,8-19H2,2-6H3,(H,47,48). The van der Waals surface area contributed by atoms with Crippen LogP contribution in [-0.4, -0.2) is 116 Å². The SMILES string of the molecule is C=C1CCC2(C(=O)O)CCC3(C)C(=CCC4C5(C)CCC(OC6OCC(O)C(O)C6OC6OC(CO)C(O)C(O)C6O)C(C)(C)C5CCC43C)C2C1. The molecule has 17 unspecified atom stereocenters. The molecule has 7 aliphatic rings. The first kappa shape index (κ1) is 38.8. The average molecular weight is 735 g/mol. The largest absolute Gasteiger partial charge is 0.481 e. The maximum Gasteiger partial charge on any atom is 0.310 e. The van der Waals surface area contributed by atoms with Crippen molar-refractivity contribution in [2.45, 2.75) is 160 Å². The van der Waals surface area contributed by atoms with Crippen LogP contribution in [0.1, 0.15) is 98.8 Å². The van der Waals surface area contributed by atoms with Gasteiger partial charge in [-0.2, -0.15) is 0 Å². The van der Waals surface area contributed by atoms with E-state index in [4.69, 9.17) is 18.9 Å². The third-order valence-electron chi connectivity index (χ3n) is 16.3. The first-order valence-corrected chi connectivity index (χ1v) is 19.6. The van der Waals surface area contributed by atoms with E-state index in [2.05, 4.69) is 47.3 Å². The van der Waals surface area contributed by atoms with Crippen LogP contribution >= 0.6 is 0 Å². The van der Waals surface area contributed by atoms with E-state index in [1.807, 2.05) is 0 Å². The third-order valence-corrected chi connectivity index (χ3v) is 16.3. The molecule has 5 aliphatic carbocycles. The molecule has 294 valence electrons. The van der Waals surface area contributed by atoms with Crippen molar-refractivity contribution in [3.63, 3.8) is 0 Å². The van der Waals surface area contributed by atoms with Crippen LogP contribution < -0.4 is 0 Å². The lowest BCUT2D eigenvalue weighted by Gasteiger charge is -2.71. The van der Waals surface area contributed by atoms with Crippen LogP contribution in [-0.2, 0) is 23.7 Å². The Labute approximate surface area is 307 Å². The lowest BCUT2D eigenvalue weighted by atomic mass is 9.34. The van der Waals surface area contributed by atoms with Gasteiger partial charge >= 0.3 is 5.97 Å². The summed E-state index contributed by atoms with van der Waals surface area (Å²) in [6.45, 7) is 15.3. The van der Waals surface area contributed by atoms with E-state index >= 15 is 0 Å². The fourth-order valence-corrected chi connectivity index (χ4v) is 12.9. The molecule has 0 bridgehead atoms. The monoisotopic (exact) mass is 734 g/mol. The van der Waals surface area contributed by atoms with Crippen molar-refractivity contribution in [1.29, 1.82) is 0 Å². The highest BCUT2D eigenvalue weighted by atomic mass is 16.8. The molecule has 12 heteroatoms. The molecule has 52 heavy (non-hydrogen) atoms. The molecule has 0 aromatic rings. The number of hydrogen-bond donors (Lipinski definition) is 7. The topological polar surface area (TPSA) is 196 Å². The maximum absolute atomic E-state index is 12.9. The van der Waals surface area contributed by atoms with E-state index in [9.17, 15) is 40.5 Å². The lowest BCUT2D eigenvalue weighted by Crippen LogP contribution is -2.66. The molecule has 17 atom stereocenters. The summed E-state index contributed by atoms with van der Waals surface area (Å²) in [5.41, 5.74) is 1.36. The summed E-state index contributed by atoms with van der Waals surface area (Å²) in [5, 5.41) is 73.1. The van der Waals surface area contributed by atoms with Crippen molar-refractivity contribution >= 4 is 5.97 Å². The van der Waals surface area contributed by atoms with Crippen LogP contribution in [0.25, 0.3) is 0 Å². The first-order chi connectivity index (χ1) is 24.4. The Kier molecular flexibility index (Phi) is 9.96. The van der Waals surface area contributed by atoms with Crippen LogP contribution in [0.2, 0.25) is 0 Å². The number of carboxylic acid groups (broad SMARTS) is 1. The Bertz CT molecular complexity index is 1430. The summed E-state index contributed by atoms with van der Waals surface area (Å²) in [5.74, 6) is 0.0228. The average Bonchev–Trinajstić information content (AvgIpc) is 3.09. The molecule has 4 saturated carbocycles. The highest BCUT2D eigenvalue weighted by Crippen LogP contribution is 2.75. The van der Waals surface area contributed by atoms with E-state index in [1.165, 1.54) is 11.1 Å². The van der Waals surface area contributed by atoms with Gasteiger partial charge in [-0.05, 0) is 97.7 Å². The summed E-state index contributed by atoms with van der Waals surface area (Å²) < 4.78 is 24.2. The highest BCUT2D eigenvalue weighted by Gasteiger charge is 2.69. The van der Waals surface area contributed by atoms with Gasteiger partial charge in [0.25, 0.3) is 0 Å². The van der Waals surface area contributed by atoms with Gasteiger partial charge in [-0.3, -0.25) is 4.79 Å². The summed E-state index contributed by atoms with van der Waals surface area (Å²) in [4.78, 5) is 12.9. The van der Waals surface area contributed by atoms with Gasteiger partial charge in [0.2, 0.25) is 0 Å². The van der Waals surface area contributed by atoms with Gasteiger partial charge in [-0.25, -0.2) is 0 Å². The number of carbonyl (C=O) groups is 1. The second-order valence-electron chi connectivity index (χ2n) is 18.8. The van der Waals surface area contributed by atoms with Crippen LogP contribution in [0.3, 0.4) is 0 Å². The minimum absolute atomic E-state index is 0.00335. The Morgan fingerprint density at radius 1 is 0.885 bits per heavy atom. The normalized spacial score (nSPS) is 53.1. The smallest absolute Gasteiger partial charge is 0.310 e. The van der Waals surface area contributed by atoms with Gasteiger partial charge < -0.3 is 54.7 Å². The van der Waals surface area contributed by atoms with Crippen molar-refractivity contribution in [1.82, 2.24) is 0 Å². The van der Waals surface area contributed by atoms with E-state index in [1.54, 1.807) is 0 Å². The Morgan fingerprint density at radius 2 is 1.62 bits per heavy atom. The lowest BCUT2D eigenvalue weighted by molar-refractivity contribution is -0.367. The number of fused-ring (bicyclic) bond motifs is 7. The van der Waals surface area contributed by atoms with Gasteiger partial charge in [0.1, 0.15) is 42.7 Å². The van der Waals surface area contributed by atoms with Crippen molar-refractivity contribution in [3.8, 4) is 0 Å². The molecule has 0 aromatic heterocycles. The molecule has 2 aliphatic heterocycles. The summed E-state index contributed by atoms with van der Waals surface area (Å²) in [6.07, 6.45) is -2.38.